The van der Waals surface area contributed by atoms with Gasteiger partial charge >= 0.3 is 12.1 Å². The molecule has 0 saturated heterocycles. The second-order valence-electron chi connectivity index (χ2n) is 7.07. The van der Waals surface area contributed by atoms with E-state index in [2.05, 4.69) is 10.1 Å². The fourth-order valence-corrected chi connectivity index (χ4v) is 3.34. The molecule has 0 fully saturated rings. The molecule has 0 spiro atoms. The minimum Gasteiger partial charge on any atom is -0.465 e. The molecule has 3 rings (SSSR count). The lowest BCUT2D eigenvalue weighted by Gasteiger charge is -2.22. The Bertz CT molecular complexity index is 1160. The molecule has 0 saturated carbocycles. The number of carbonyl (C=O) groups is 2. The standard InChI is InChI=1S/C22H22F3N3O5/c1-4-32-18(29)12-28(9-10-31-3)21(30)15-11-17(26-20-19(15)13(2)27-33-20)14-7-5-6-8-16(14)22(23,24)25/h5-8,11H,4,9-10,12H2,1-3H3. The van der Waals surface area contributed by atoms with Gasteiger partial charge in [0.2, 0.25) is 0 Å². The molecule has 0 unspecified atom stereocenters. The molecular formula is C22H22F3N3O5. The fraction of sp³-hybridized carbons (Fsp3) is 0.364. The van der Waals surface area contributed by atoms with E-state index in [9.17, 15) is 22.8 Å². The van der Waals surface area contributed by atoms with E-state index >= 15 is 0 Å². The molecular weight excluding hydrogens is 443 g/mol. The van der Waals surface area contributed by atoms with Gasteiger partial charge in [-0.15, -0.1) is 0 Å². The van der Waals surface area contributed by atoms with E-state index in [1.54, 1.807) is 13.8 Å². The van der Waals surface area contributed by atoms with Crippen LogP contribution in [0.1, 0.15) is 28.5 Å². The molecule has 1 aromatic carbocycles. The number of nitrogens with zero attached hydrogens (tertiary/aromatic N) is 3. The summed E-state index contributed by atoms with van der Waals surface area (Å²) in [5, 5.41) is 4.06. The zero-order valence-electron chi connectivity index (χ0n) is 18.2. The topological polar surface area (TPSA) is 94.8 Å². The van der Waals surface area contributed by atoms with Crippen molar-refractivity contribution < 1.29 is 36.8 Å². The van der Waals surface area contributed by atoms with Crippen molar-refractivity contribution in [2.45, 2.75) is 20.0 Å². The highest BCUT2D eigenvalue weighted by Crippen LogP contribution is 2.37. The number of amides is 1. The van der Waals surface area contributed by atoms with Crippen LogP contribution in [0.5, 0.6) is 0 Å². The van der Waals surface area contributed by atoms with E-state index in [1.807, 2.05) is 0 Å². The van der Waals surface area contributed by atoms with Gasteiger partial charge in [-0.05, 0) is 26.0 Å². The lowest BCUT2D eigenvalue weighted by molar-refractivity contribution is -0.144. The average molecular weight is 465 g/mol. The molecule has 0 N–H and O–H groups in total. The third kappa shape index (κ3) is 5.30. The van der Waals surface area contributed by atoms with E-state index in [1.165, 1.54) is 36.3 Å². The van der Waals surface area contributed by atoms with Crippen LogP contribution in [0.15, 0.2) is 34.9 Å². The summed E-state index contributed by atoms with van der Waals surface area (Å²) in [6.45, 7) is 3.17. The third-order valence-electron chi connectivity index (χ3n) is 4.83. The molecule has 11 heteroatoms. The van der Waals surface area contributed by atoms with Crippen molar-refractivity contribution in [2.75, 3.05) is 33.4 Å². The van der Waals surface area contributed by atoms with Gasteiger partial charge in [0.25, 0.3) is 11.6 Å². The quantitative estimate of drug-likeness (QED) is 0.466. The van der Waals surface area contributed by atoms with Crippen LogP contribution in [-0.4, -0.2) is 60.3 Å². The molecule has 2 heterocycles. The van der Waals surface area contributed by atoms with Crippen LogP contribution < -0.4 is 0 Å². The van der Waals surface area contributed by atoms with Crippen LogP contribution >= 0.6 is 0 Å². The monoisotopic (exact) mass is 465 g/mol. The highest BCUT2D eigenvalue weighted by molar-refractivity contribution is 6.07. The summed E-state index contributed by atoms with van der Waals surface area (Å²) in [4.78, 5) is 30.9. The number of pyridine rings is 1. The summed E-state index contributed by atoms with van der Waals surface area (Å²) in [5.41, 5.74) is -0.991. The first-order valence-electron chi connectivity index (χ1n) is 10.0. The number of rotatable bonds is 8. The Balaban J connectivity index is 2.15. The molecule has 8 nitrogen and oxygen atoms in total. The van der Waals surface area contributed by atoms with Crippen LogP contribution in [0, 0.1) is 6.92 Å². The molecule has 0 aliphatic rings. The second-order valence-corrected chi connectivity index (χ2v) is 7.07. The minimum atomic E-state index is -4.64. The van der Waals surface area contributed by atoms with Gasteiger partial charge in [0.15, 0.2) is 0 Å². The van der Waals surface area contributed by atoms with E-state index in [0.717, 1.165) is 6.07 Å². The first kappa shape index (κ1) is 24.2. The molecule has 0 bridgehead atoms. The van der Waals surface area contributed by atoms with Gasteiger partial charge in [-0.2, -0.15) is 13.2 Å². The number of hydrogen-bond donors (Lipinski definition) is 0. The number of carbonyl (C=O) groups excluding carboxylic acids is 2. The Hall–Kier alpha value is -3.47. The number of aryl methyl sites for hydroxylation is 1. The Morgan fingerprint density at radius 1 is 1.21 bits per heavy atom. The molecule has 0 radical (unpaired) electrons. The maximum Gasteiger partial charge on any atom is 0.417 e. The van der Waals surface area contributed by atoms with Gasteiger partial charge in [0.05, 0.1) is 41.1 Å². The van der Waals surface area contributed by atoms with Crippen LogP contribution in [-0.2, 0) is 20.4 Å². The van der Waals surface area contributed by atoms with Crippen molar-refractivity contribution in [3.8, 4) is 11.3 Å². The number of halogens is 3. The van der Waals surface area contributed by atoms with Crippen molar-refractivity contribution in [2.24, 2.45) is 0 Å². The molecule has 0 atom stereocenters. The highest BCUT2D eigenvalue weighted by Gasteiger charge is 2.34. The summed E-state index contributed by atoms with van der Waals surface area (Å²) in [6.07, 6.45) is -4.64. The fourth-order valence-electron chi connectivity index (χ4n) is 3.34. The zero-order chi connectivity index (χ0) is 24.2. The number of aromatic nitrogens is 2. The second kappa shape index (κ2) is 9.99. The number of methoxy groups -OCH3 is 1. The average Bonchev–Trinajstić information content (AvgIpc) is 3.16. The molecule has 2 aromatic heterocycles. The maximum absolute atomic E-state index is 13.6. The van der Waals surface area contributed by atoms with Crippen molar-refractivity contribution in [3.05, 3.63) is 47.2 Å². The molecule has 0 aliphatic carbocycles. The number of hydrogen-bond acceptors (Lipinski definition) is 7. The van der Waals surface area contributed by atoms with Gasteiger partial charge in [0, 0.05) is 19.2 Å². The predicted molar refractivity (Wildman–Crippen MR) is 111 cm³/mol. The van der Waals surface area contributed by atoms with Crippen molar-refractivity contribution in [1.82, 2.24) is 15.0 Å². The van der Waals surface area contributed by atoms with Crippen LogP contribution in [0.4, 0.5) is 13.2 Å². The van der Waals surface area contributed by atoms with Gasteiger partial charge in [-0.25, -0.2) is 4.98 Å². The summed E-state index contributed by atoms with van der Waals surface area (Å²) in [5.74, 6) is -1.25. The van der Waals surface area contributed by atoms with Crippen LogP contribution in [0.25, 0.3) is 22.4 Å². The minimum absolute atomic E-state index is 0.00568. The Morgan fingerprint density at radius 2 is 1.94 bits per heavy atom. The lowest BCUT2D eigenvalue weighted by atomic mass is 10.0. The molecule has 1 amide bonds. The Kier molecular flexibility index (Phi) is 7.32. The summed E-state index contributed by atoms with van der Waals surface area (Å²) in [6, 6.07) is 6.15. The van der Waals surface area contributed by atoms with Crippen molar-refractivity contribution in [1.29, 1.82) is 0 Å². The lowest BCUT2D eigenvalue weighted by Crippen LogP contribution is -2.38. The van der Waals surface area contributed by atoms with E-state index in [-0.39, 0.29) is 54.2 Å². The van der Waals surface area contributed by atoms with Crippen LogP contribution in [0.2, 0.25) is 0 Å². The van der Waals surface area contributed by atoms with E-state index in [4.69, 9.17) is 14.0 Å². The smallest absolute Gasteiger partial charge is 0.417 e. The van der Waals surface area contributed by atoms with E-state index in [0.29, 0.717) is 5.69 Å². The number of esters is 1. The van der Waals surface area contributed by atoms with Crippen molar-refractivity contribution >= 4 is 23.0 Å². The SMILES string of the molecule is CCOC(=O)CN(CCOC)C(=O)c1cc(-c2ccccc2C(F)(F)F)nc2onc(C)c12. The summed E-state index contributed by atoms with van der Waals surface area (Å²) < 4.78 is 55.9. The first-order chi connectivity index (χ1) is 15.7. The first-order valence-corrected chi connectivity index (χ1v) is 10.0. The number of fused-ring (bicyclic) bond motifs is 1. The maximum atomic E-state index is 13.6. The van der Waals surface area contributed by atoms with Crippen molar-refractivity contribution in [3.63, 3.8) is 0 Å². The summed E-state index contributed by atoms with van der Waals surface area (Å²) >= 11 is 0. The molecule has 0 aliphatic heterocycles. The van der Waals surface area contributed by atoms with Gasteiger partial charge in [-0.3, -0.25) is 9.59 Å². The number of benzene rings is 1. The Morgan fingerprint density at radius 3 is 2.61 bits per heavy atom. The molecule has 176 valence electrons. The summed E-state index contributed by atoms with van der Waals surface area (Å²) in [7, 11) is 1.44. The normalized spacial score (nSPS) is 11.6. The Labute approximate surface area is 187 Å². The van der Waals surface area contributed by atoms with E-state index < -0.39 is 23.6 Å². The van der Waals surface area contributed by atoms with Gasteiger partial charge < -0.3 is 18.9 Å². The molecule has 3 aromatic rings. The zero-order valence-corrected chi connectivity index (χ0v) is 18.2. The predicted octanol–water partition coefficient (Wildman–Crippen LogP) is 3.87. The highest BCUT2D eigenvalue weighted by atomic mass is 19.4. The van der Waals surface area contributed by atoms with Gasteiger partial charge in [-0.1, -0.05) is 23.4 Å². The number of alkyl halides is 3. The molecule has 33 heavy (non-hydrogen) atoms. The van der Waals surface area contributed by atoms with Crippen LogP contribution in [0.3, 0.4) is 0 Å². The van der Waals surface area contributed by atoms with Gasteiger partial charge in [0.1, 0.15) is 6.54 Å². The third-order valence-corrected chi connectivity index (χ3v) is 4.83. The number of ether oxygens (including phenoxy) is 2. The largest absolute Gasteiger partial charge is 0.465 e.